The van der Waals surface area contributed by atoms with E-state index in [2.05, 4.69) is 9.55 Å². The van der Waals surface area contributed by atoms with E-state index in [1.165, 1.54) is 31.4 Å². The van der Waals surface area contributed by atoms with Gasteiger partial charge in [0.25, 0.3) is 0 Å². The number of nitrogens with two attached hydrogens (primary N) is 1. The molecule has 0 atom stereocenters. The highest BCUT2D eigenvalue weighted by Gasteiger charge is 2.53. The fourth-order valence-corrected chi connectivity index (χ4v) is 2.55. The third-order valence-electron chi connectivity index (χ3n) is 3.83. The molecule has 1 aromatic heterocycles. The highest BCUT2D eigenvalue weighted by molar-refractivity contribution is 5.07. The molecule has 3 nitrogen and oxygen atoms in total. The van der Waals surface area contributed by atoms with E-state index in [1.54, 1.807) is 0 Å². The third-order valence-corrected chi connectivity index (χ3v) is 3.83. The average Bonchev–Trinajstić information content (AvgIpc) is 3.04. The van der Waals surface area contributed by atoms with Crippen LogP contribution in [0.5, 0.6) is 0 Å². The maximum absolute atomic E-state index is 5.67. The molecule has 2 fully saturated rings. The Hall–Kier alpha value is -0.830. The molecular weight excluding hydrogens is 174 g/mol. The van der Waals surface area contributed by atoms with E-state index in [0.717, 1.165) is 12.5 Å². The topological polar surface area (TPSA) is 43.8 Å². The lowest BCUT2D eigenvalue weighted by Gasteiger charge is -2.16. The van der Waals surface area contributed by atoms with Gasteiger partial charge < -0.3 is 10.3 Å². The number of hydrogen-bond acceptors (Lipinski definition) is 2. The molecule has 2 N–H and O–H groups in total. The zero-order chi connectivity index (χ0) is 9.60. The summed E-state index contributed by atoms with van der Waals surface area (Å²) in [6.07, 6.45) is 9.56. The molecule has 3 rings (SSSR count). The molecule has 0 amide bonds. The zero-order valence-electron chi connectivity index (χ0n) is 8.45. The van der Waals surface area contributed by atoms with Crippen LogP contribution in [0.15, 0.2) is 12.5 Å². The molecule has 1 heterocycles. The summed E-state index contributed by atoms with van der Waals surface area (Å²) in [4.78, 5) is 4.17. The van der Waals surface area contributed by atoms with Crippen LogP contribution >= 0.6 is 0 Å². The molecule has 2 aliphatic carbocycles. The molecule has 0 aliphatic heterocycles. The first-order valence-corrected chi connectivity index (χ1v) is 5.53. The molecule has 1 aromatic rings. The predicted molar refractivity (Wildman–Crippen MR) is 54.5 cm³/mol. The van der Waals surface area contributed by atoms with E-state index in [4.69, 9.17) is 5.73 Å². The summed E-state index contributed by atoms with van der Waals surface area (Å²) in [6, 6.07) is 0. The summed E-state index contributed by atoms with van der Waals surface area (Å²) < 4.78 is 2.26. The summed E-state index contributed by atoms with van der Waals surface area (Å²) in [5.41, 5.74) is 7.49. The second kappa shape index (κ2) is 2.83. The van der Waals surface area contributed by atoms with Crippen LogP contribution in [0.3, 0.4) is 0 Å². The molecule has 2 aliphatic rings. The van der Waals surface area contributed by atoms with Gasteiger partial charge in [-0.15, -0.1) is 0 Å². The lowest BCUT2D eigenvalue weighted by Crippen LogP contribution is -2.16. The Kier molecular flexibility index (Phi) is 1.71. The first-order valence-electron chi connectivity index (χ1n) is 5.53. The Morgan fingerprint density at radius 3 is 2.86 bits per heavy atom. The van der Waals surface area contributed by atoms with Gasteiger partial charge in [0.2, 0.25) is 0 Å². The molecule has 0 saturated heterocycles. The van der Waals surface area contributed by atoms with E-state index < -0.39 is 0 Å². The molecule has 0 aromatic carbocycles. The largest absolute Gasteiger partial charge is 0.333 e. The maximum atomic E-state index is 5.67. The van der Waals surface area contributed by atoms with Gasteiger partial charge in [-0.2, -0.15) is 0 Å². The smallest absolute Gasteiger partial charge is 0.0948 e. The van der Waals surface area contributed by atoms with Crippen molar-refractivity contribution in [1.82, 2.24) is 9.55 Å². The molecular formula is C11H17N3. The summed E-state index contributed by atoms with van der Waals surface area (Å²) in [5.74, 6) is 1.01. The number of aromatic nitrogens is 2. The van der Waals surface area contributed by atoms with Crippen molar-refractivity contribution in [3.05, 3.63) is 18.2 Å². The van der Waals surface area contributed by atoms with Gasteiger partial charge in [0.1, 0.15) is 0 Å². The molecule has 76 valence electrons. The van der Waals surface area contributed by atoms with E-state index in [-0.39, 0.29) is 0 Å². The van der Waals surface area contributed by atoms with Gasteiger partial charge in [0, 0.05) is 19.3 Å². The molecule has 3 heteroatoms. The van der Waals surface area contributed by atoms with Crippen molar-refractivity contribution in [1.29, 1.82) is 0 Å². The van der Waals surface area contributed by atoms with Crippen molar-refractivity contribution in [2.24, 2.45) is 17.1 Å². The predicted octanol–water partition coefficient (Wildman–Crippen LogP) is 1.53. The van der Waals surface area contributed by atoms with Crippen LogP contribution in [-0.2, 0) is 13.1 Å². The monoisotopic (exact) mass is 191 g/mol. The Labute approximate surface area is 84.3 Å². The molecule has 0 radical (unpaired) electrons. The van der Waals surface area contributed by atoms with Crippen LogP contribution in [0.25, 0.3) is 0 Å². The number of hydrogen-bond donors (Lipinski definition) is 1. The van der Waals surface area contributed by atoms with E-state index in [1.807, 2.05) is 12.5 Å². The lowest BCUT2D eigenvalue weighted by atomic mass is 10.0. The van der Waals surface area contributed by atoms with Gasteiger partial charge >= 0.3 is 0 Å². The Bertz CT molecular complexity index is 334. The first kappa shape index (κ1) is 8.48. The highest BCUT2D eigenvalue weighted by Crippen LogP contribution is 2.62. The van der Waals surface area contributed by atoms with Crippen LogP contribution in [-0.4, -0.2) is 9.55 Å². The number of imidazole rings is 1. The van der Waals surface area contributed by atoms with Gasteiger partial charge in [-0.3, -0.25) is 0 Å². The fraction of sp³-hybridized carbons (Fsp3) is 0.727. The quantitative estimate of drug-likeness (QED) is 0.784. The summed E-state index contributed by atoms with van der Waals surface area (Å²) in [7, 11) is 0. The van der Waals surface area contributed by atoms with Crippen molar-refractivity contribution in [2.45, 2.75) is 38.8 Å². The second-order valence-electron chi connectivity index (χ2n) is 4.85. The van der Waals surface area contributed by atoms with Gasteiger partial charge in [-0.25, -0.2) is 4.98 Å². The minimum atomic E-state index is 0.612. The SMILES string of the molecule is NCc1cncn1CC1(C2CC2)CC1. The fourth-order valence-electron chi connectivity index (χ4n) is 2.55. The van der Waals surface area contributed by atoms with E-state index >= 15 is 0 Å². The minimum absolute atomic E-state index is 0.612. The zero-order valence-corrected chi connectivity index (χ0v) is 8.45. The standard InChI is InChI=1S/C11H17N3/c12-5-10-6-13-8-14(10)7-11(3-4-11)9-1-2-9/h6,8-9H,1-5,7,12H2. The molecule has 0 spiro atoms. The van der Waals surface area contributed by atoms with Gasteiger partial charge in [0.05, 0.1) is 12.0 Å². The number of nitrogens with zero attached hydrogens (tertiary/aromatic N) is 2. The molecule has 2 saturated carbocycles. The highest BCUT2D eigenvalue weighted by atomic mass is 15.1. The minimum Gasteiger partial charge on any atom is -0.333 e. The molecule has 0 unspecified atom stereocenters. The van der Waals surface area contributed by atoms with Crippen molar-refractivity contribution < 1.29 is 0 Å². The number of rotatable bonds is 4. The molecule has 0 bridgehead atoms. The summed E-state index contributed by atoms with van der Waals surface area (Å²) >= 11 is 0. The van der Waals surface area contributed by atoms with Crippen molar-refractivity contribution in [2.75, 3.05) is 0 Å². The normalized spacial score (nSPS) is 23.8. The van der Waals surface area contributed by atoms with Gasteiger partial charge in [0.15, 0.2) is 0 Å². The lowest BCUT2D eigenvalue weighted by molar-refractivity contribution is 0.365. The van der Waals surface area contributed by atoms with Crippen LogP contribution in [0.2, 0.25) is 0 Å². The Balaban J connectivity index is 1.77. The van der Waals surface area contributed by atoms with E-state index in [0.29, 0.717) is 12.0 Å². The van der Waals surface area contributed by atoms with E-state index in [9.17, 15) is 0 Å². The Morgan fingerprint density at radius 2 is 2.29 bits per heavy atom. The van der Waals surface area contributed by atoms with Crippen molar-refractivity contribution in [3.63, 3.8) is 0 Å². The Morgan fingerprint density at radius 1 is 1.50 bits per heavy atom. The van der Waals surface area contributed by atoms with Gasteiger partial charge in [-0.1, -0.05) is 0 Å². The van der Waals surface area contributed by atoms with Crippen molar-refractivity contribution >= 4 is 0 Å². The average molecular weight is 191 g/mol. The van der Waals surface area contributed by atoms with Crippen LogP contribution in [0.4, 0.5) is 0 Å². The van der Waals surface area contributed by atoms with Gasteiger partial charge in [-0.05, 0) is 37.0 Å². The summed E-state index contributed by atoms with van der Waals surface area (Å²) in [5, 5.41) is 0. The first-order chi connectivity index (χ1) is 6.84. The maximum Gasteiger partial charge on any atom is 0.0948 e. The van der Waals surface area contributed by atoms with Crippen LogP contribution in [0, 0.1) is 11.3 Å². The van der Waals surface area contributed by atoms with Crippen LogP contribution < -0.4 is 5.73 Å². The third kappa shape index (κ3) is 1.27. The summed E-state index contributed by atoms with van der Waals surface area (Å²) in [6.45, 7) is 1.77. The van der Waals surface area contributed by atoms with Crippen molar-refractivity contribution in [3.8, 4) is 0 Å². The van der Waals surface area contributed by atoms with Crippen LogP contribution in [0.1, 0.15) is 31.4 Å². The molecule has 14 heavy (non-hydrogen) atoms. The second-order valence-corrected chi connectivity index (χ2v) is 4.85.